The molecule has 0 bridgehead atoms. The van der Waals surface area contributed by atoms with Gasteiger partial charge >= 0.3 is 0 Å². The maximum atomic E-state index is 11.6. The van der Waals surface area contributed by atoms with Gasteiger partial charge in [0.1, 0.15) is 6.54 Å². The summed E-state index contributed by atoms with van der Waals surface area (Å²) in [5.74, 6) is 0.0995. The molecule has 0 radical (unpaired) electrons. The van der Waals surface area contributed by atoms with E-state index in [-0.39, 0.29) is 24.9 Å². The van der Waals surface area contributed by atoms with Crippen molar-refractivity contribution in [1.29, 1.82) is 0 Å². The van der Waals surface area contributed by atoms with Gasteiger partial charge in [0.25, 0.3) is 0 Å². The van der Waals surface area contributed by atoms with Gasteiger partial charge in [0.2, 0.25) is 11.8 Å². The van der Waals surface area contributed by atoms with E-state index >= 15 is 0 Å². The topological polar surface area (TPSA) is 66.6 Å². The van der Waals surface area contributed by atoms with Crippen LogP contribution in [0.15, 0.2) is 0 Å². The Morgan fingerprint density at radius 1 is 1.21 bits per heavy atom. The fraction of sp³-hybridized carbons (Fsp3) is 0.778. The van der Waals surface area contributed by atoms with Gasteiger partial charge in [-0.25, -0.2) is 0 Å². The molecule has 0 unspecified atom stereocenters. The SMILES string of the molecule is NCCN1CC(=O)N(C2CC2)CC1=O. The lowest BCUT2D eigenvalue weighted by atomic mass is 10.3. The molecule has 1 saturated heterocycles. The molecular weight excluding hydrogens is 182 g/mol. The van der Waals surface area contributed by atoms with Crippen molar-refractivity contribution in [1.82, 2.24) is 9.80 Å². The average molecular weight is 197 g/mol. The van der Waals surface area contributed by atoms with Gasteiger partial charge in [0.15, 0.2) is 0 Å². The Labute approximate surface area is 82.8 Å². The maximum Gasteiger partial charge on any atom is 0.242 e. The third kappa shape index (κ3) is 1.72. The summed E-state index contributed by atoms with van der Waals surface area (Å²) in [7, 11) is 0. The fourth-order valence-corrected chi connectivity index (χ4v) is 1.75. The molecule has 78 valence electrons. The molecule has 1 saturated carbocycles. The van der Waals surface area contributed by atoms with Crippen LogP contribution in [-0.2, 0) is 9.59 Å². The van der Waals surface area contributed by atoms with Crippen molar-refractivity contribution >= 4 is 11.8 Å². The third-order valence-corrected chi connectivity index (χ3v) is 2.69. The molecule has 0 aromatic heterocycles. The molecule has 14 heavy (non-hydrogen) atoms. The lowest BCUT2D eigenvalue weighted by molar-refractivity contribution is -0.150. The number of carbonyl (C=O) groups excluding carboxylic acids is 2. The Morgan fingerprint density at radius 3 is 2.50 bits per heavy atom. The lowest BCUT2D eigenvalue weighted by Crippen LogP contribution is -2.55. The number of piperazine rings is 1. The molecule has 2 N–H and O–H groups in total. The lowest BCUT2D eigenvalue weighted by Gasteiger charge is -2.33. The molecule has 0 spiro atoms. The molecule has 0 atom stereocenters. The molecule has 5 nitrogen and oxygen atoms in total. The zero-order chi connectivity index (χ0) is 10.1. The molecule has 0 aromatic carbocycles. The van der Waals surface area contributed by atoms with Crippen LogP contribution in [0.5, 0.6) is 0 Å². The van der Waals surface area contributed by atoms with Gasteiger partial charge < -0.3 is 15.5 Å². The van der Waals surface area contributed by atoms with Crippen LogP contribution in [-0.4, -0.2) is 53.8 Å². The summed E-state index contributed by atoms with van der Waals surface area (Å²) in [6.45, 7) is 1.38. The summed E-state index contributed by atoms with van der Waals surface area (Å²) in [4.78, 5) is 26.4. The minimum absolute atomic E-state index is 0.0296. The highest BCUT2D eigenvalue weighted by atomic mass is 16.2. The molecule has 2 aliphatic rings. The molecule has 5 heteroatoms. The summed E-state index contributed by atoms with van der Waals surface area (Å²) < 4.78 is 0. The number of nitrogens with zero attached hydrogens (tertiary/aromatic N) is 2. The summed E-state index contributed by atoms with van der Waals surface area (Å²) >= 11 is 0. The largest absolute Gasteiger partial charge is 0.331 e. The summed E-state index contributed by atoms with van der Waals surface area (Å²) in [5.41, 5.74) is 5.36. The standard InChI is InChI=1S/C9H15N3O2/c10-3-4-11-5-9(14)12(6-8(11)13)7-1-2-7/h7H,1-6,10H2. The Hall–Kier alpha value is -1.10. The molecule has 1 heterocycles. The molecule has 0 aromatic rings. The van der Waals surface area contributed by atoms with Crippen molar-refractivity contribution in [2.24, 2.45) is 5.73 Å². The quantitative estimate of drug-likeness (QED) is 0.616. The van der Waals surface area contributed by atoms with Crippen LogP contribution in [0.25, 0.3) is 0 Å². The van der Waals surface area contributed by atoms with Crippen molar-refractivity contribution in [3.63, 3.8) is 0 Å². The van der Waals surface area contributed by atoms with Crippen LogP contribution in [0.1, 0.15) is 12.8 Å². The van der Waals surface area contributed by atoms with Gasteiger partial charge in [-0.2, -0.15) is 0 Å². The molecule has 2 amide bonds. The highest BCUT2D eigenvalue weighted by Crippen LogP contribution is 2.28. The Balaban J connectivity index is 1.97. The van der Waals surface area contributed by atoms with E-state index in [0.717, 1.165) is 12.8 Å². The smallest absolute Gasteiger partial charge is 0.242 e. The van der Waals surface area contributed by atoms with E-state index in [0.29, 0.717) is 19.1 Å². The van der Waals surface area contributed by atoms with Crippen LogP contribution in [0, 0.1) is 0 Å². The number of rotatable bonds is 3. The van der Waals surface area contributed by atoms with Gasteiger partial charge in [0, 0.05) is 19.1 Å². The second-order valence-electron chi connectivity index (χ2n) is 3.86. The van der Waals surface area contributed by atoms with Gasteiger partial charge in [-0.05, 0) is 12.8 Å². The summed E-state index contributed by atoms with van der Waals surface area (Å²) in [6.07, 6.45) is 2.10. The maximum absolute atomic E-state index is 11.6. The summed E-state index contributed by atoms with van der Waals surface area (Å²) in [6, 6.07) is 0.339. The van der Waals surface area contributed by atoms with E-state index in [2.05, 4.69) is 0 Å². The number of hydrogen-bond acceptors (Lipinski definition) is 3. The van der Waals surface area contributed by atoms with Crippen LogP contribution in [0.2, 0.25) is 0 Å². The van der Waals surface area contributed by atoms with Crippen molar-refractivity contribution in [2.45, 2.75) is 18.9 Å². The molecular formula is C9H15N3O2. The average Bonchev–Trinajstić information content (AvgIpc) is 2.94. The van der Waals surface area contributed by atoms with Crippen LogP contribution < -0.4 is 5.73 Å². The van der Waals surface area contributed by atoms with Crippen LogP contribution in [0.4, 0.5) is 0 Å². The highest BCUT2D eigenvalue weighted by Gasteiger charge is 2.38. The fourth-order valence-electron chi connectivity index (χ4n) is 1.75. The first-order chi connectivity index (χ1) is 6.72. The molecule has 2 rings (SSSR count). The minimum Gasteiger partial charge on any atom is -0.331 e. The van der Waals surface area contributed by atoms with E-state index in [9.17, 15) is 9.59 Å². The number of nitrogens with two attached hydrogens (primary N) is 1. The van der Waals surface area contributed by atoms with E-state index in [1.54, 1.807) is 9.80 Å². The van der Waals surface area contributed by atoms with Crippen LogP contribution >= 0.6 is 0 Å². The van der Waals surface area contributed by atoms with Crippen LogP contribution in [0.3, 0.4) is 0 Å². The first kappa shape index (κ1) is 9.45. The van der Waals surface area contributed by atoms with Crippen molar-refractivity contribution in [3.8, 4) is 0 Å². The second-order valence-corrected chi connectivity index (χ2v) is 3.86. The number of amides is 2. The van der Waals surface area contributed by atoms with E-state index < -0.39 is 0 Å². The highest BCUT2D eigenvalue weighted by molar-refractivity contribution is 5.92. The Bertz CT molecular complexity index is 263. The van der Waals surface area contributed by atoms with Crippen molar-refractivity contribution in [2.75, 3.05) is 26.2 Å². The summed E-state index contributed by atoms with van der Waals surface area (Å²) in [5, 5.41) is 0. The molecule has 1 aliphatic heterocycles. The monoisotopic (exact) mass is 197 g/mol. The van der Waals surface area contributed by atoms with Gasteiger partial charge in [-0.1, -0.05) is 0 Å². The van der Waals surface area contributed by atoms with Gasteiger partial charge in [0.05, 0.1) is 6.54 Å². The number of carbonyl (C=O) groups is 2. The number of hydrogen-bond donors (Lipinski definition) is 1. The predicted octanol–water partition coefficient (Wildman–Crippen LogP) is -1.22. The van der Waals surface area contributed by atoms with Gasteiger partial charge in [-0.3, -0.25) is 9.59 Å². The third-order valence-electron chi connectivity index (χ3n) is 2.69. The Morgan fingerprint density at radius 2 is 1.93 bits per heavy atom. The van der Waals surface area contributed by atoms with Gasteiger partial charge in [-0.15, -0.1) is 0 Å². The molecule has 2 fully saturated rings. The minimum atomic E-state index is 0.0296. The van der Waals surface area contributed by atoms with E-state index in [1.165, 1.54) is 0 Å². The predicted molar refractivity (Wildman–Crippen MR) is 50.4 cm³/mol. The zero-order valence-electron chi connectivity index (χ0n) is 8.11. The van der Waals surface area contributed by atoms with E-state index in [1.807, 2.05) is 0 Å². The Kier molecular flexibility index (Phi) is 2.41. The first-order valence-electron chi connectivity index (χ1n) is 4.99. The van der Waals surface area contributed by atoms with E-state index in [4.69, 9.17) is 5.73 Å². The van der Waals surface area contributed by atoms with Crippen molar-refractivity contribution in [3.05, 3.63) is 0 Å². The normalized spacial score (nSPS) is 23.2. The zero-order valence-corrected chi connectivity index (χ0v) is 8.11. The molecule has 1 aliphatic carbocycles. The first-order valence-corrected chi connectivity index (χ1v) is 4.99. The second kappa shape index (κ2) is 3.57. The van der Waals surface area contributed by atoms with Crippen molar-refractivity contribution < 1.29 is 9.59 Å².